The third-order valence-electron chi connectivity index (χ3n) is 0. The van der Waals surface area contributed by atoms with Crippen molar-refractivity contribution < 1.29 is 57.6 Å². The molecule has 7 heteroatoms. The summed E-state index contributed by atoms with van der Waals surface area (Å²) in [6.07, 6.45) is 0. The van der Waals surface area contributed by atoms with Gasteiger partial charge in [-0.2, -0.15) is 0 Å². The van der Waals surface area contributed by atoms with Gasteiger partial charge in [-0.15, -0.1) is 0 Å². The van der Waals surface area contributed by atoms with Crippen molar-refractivity contribution in [3.05, 3.63) is 0 Å². The minimum absolute atomic E-state index is 0. The zero-order valence-electron chi connectivity index (χ0n) is 5.57. The summed E-state index contributed by atoms with van der Waals surface area (Å²) in [6.45, 7) is 0. The maximum atomic E-state index is 7.33. The van der Waals surface area contributed by atoms with Gasteiger partial charge in [-0.3, -0.25) is 0 Å². The fourth-order valence-electron chi connectivity index (χ4n) is 0. The Morgan fingerprint density at radius 1 is 1.00 bits per heavy atom. The third-order valence-corrected chi connectivity index (χ3v) is 0. The Labute approximate surface area is 113 Å². The second-order valence-corrected chi connectivity index (χ2v) is 1.80. The van der Waals surface area contributed by atoms with Gasteiger partial charge in [0, 0.05) is 35.6 Å². The van der Waals surface area contributed by atoms with Crippen LogP contribution in [-0.2, 0) is 0 Å². The van der Waals surface area contributed by atoms with Crippen LogP contribution in [0.5, 0.6) is 0 Å². The van der Waals surface area contributed by atoms with E-state index in [0.717, 1.165) is 0 Å². The van der Waals surface area contributed by atoms with Crippen molar-refractivity contribution >= 4 is 57.9 Å². The molecule has 0 aromatic heterocycles. The van der Waals surface area contributed by atoms with Gasteiger partial charge in [0.2, 0.25) is 0 Å². The zero-order chi connectivity index (χ0) is 4.50. The molecule has 0 amide bonds. The predicted octanol–water partition coefficient (Wildman–Crippen LogP) is -2.76. The van der Waals surface area contributed by atoms with E-state index in [1.54, 1.807) is 0 Å². The monoisotopic (exact) mass is 375 g/mol. The van der Waals surface area contributed by atoms with Crippen molar-refractivity contribution in [2.24, 2.45) is 0 Å². The van der Waals surface area contributed by atoms with Gasteiger partial charge in [-0.05, 0) is 0 Å². The van der Waals surface area contributed by atoms with Crippen LogP contribution in [0, 0.1) is 35.6 Å². The molecule has 0 atom stereocenters. The standard InChI is InChI=1S/Ba.La.H4O4Si.2H/c;;1-5(2,3)4;;/h;;1-4H;;/q+2;;;2*-1. The molecule has 1 radical (unpaired) electrons. The summed E-state index contributed by atoms with van der Waals surface area (Å²) < 4.78 is 0. The average molecular weight is 374 g/mol. The molecule has 0 aromatic rings. The van der Waals surface area contributed by atoms with E-state index in [0.29, 0.717) is 0 Å². The smallest absolute Gasteiger partial charge is 1.00 e. The summed E-state index contributed by atoms with van der Waals surface area (Å²) in [6, 6.07) is 0. The quantitative estimate of drug-likeness (QED) is 0.346. The number of hydrogen-bond donors (Lipinski definition) is 4. The molecule has 0 spiro atoms. The van der Waals surface area contributed by atoms with Crippen LogP contribution >= 0.6 is 0 Å². The third kappa shape index (κ3) is 51.5. The molecule has 7 heavy (non-hydrogen) atoms. The Morgan fingerprint density at radius 3 is 1.00 bits per heavy atom. The summed E-state index contributed by atoms with van der Waals surface area (Å²) in [7, 11) is -4.61. The molecule has 0 aliphatic rings. The van der Waals surface area contributed by atoms with Crippen molar-refractivity contribution in [2.75, 3.05) is 0 Å². The van der Waals surface area contributed by atoms with E-state index in [1.807, 2.05) is 0 Å². The normalized spacial score (nSPS) is 8.57. The Hall–Kier alpha value is 2.82. The van der Waals surface area contributed by atoms with Crippen molar-refractivity contribution in [1.29, 1.82) is 0 Å². The van der Waals surface area contributed by atoms with Crippen LogP contribution in [0.4, 0.5) is 0 Å². The van der Waals surface area contributed by atoms with E-state index in [9.17, 15) is 0 Å². The topological polar surface area (TPSA) is 80.9 Å². The maximum absolute atomic E-state index is 7.33. The molecule has 0 saturated carbocycles. The van der Waals surface area contributed by atoms with Crippen molar-refractivity contribution in [3.8, 4) is 0 Å². The van der Waals surface area contributed by atoms with Gasteiger partial charge in [-0.1, -0.05) is 0 Å². The molecular formula is H6BaLaO4Si. The summed E-state index contributed by atoms with van der Waals surface area (Å²) >= 11 is 0. The average Bonchev–Trinajstić information content (AvgIpc) is 0.722. The number of hydrogen-bond acceptors (Lipinski definition) is 4. The molecular weight excluding hydrogens is 368 g/mol. The Kier molecular flexibility index (Phi) is 16.3. The molecule has 4 N–H and O–H groups in total. The van der Waals surface area contributed by atoms with Gasteiger partial charge in [0.15, 0.2) is 0 Å². The van der Waals surface area contributed by atoms with E-state index in [4.69, 9.17) is 19.2 Å². The fourth-order valence-corrected chi connectivity index (χ4v) is 0. The van der Waals surface area contributed by atoms with E-state index in [-0.39, 0.29) is 87.3 Å². The Bertz CT molecular complexity index is 34.0. The van der Waals surface area contributed by atoms with Gasteiger partial charge in [-0.25, -0.2) is 0 Å². The zero-order valence-corrected chi connectivity index (χ0v) is 12.6. The predicted molar refractivity (Wildman–Crippen MR) is 22.6 cm³/mol. The molecule has 0 saturated heterocycles. The summed E-state index contributed by atoms with van der Waals surface area (Å²) in [5.41, 5.74) is 0. The van der Waals surface area contributed by atoms with Gasteiger partial charge >= 0.3 is 57.9 Å². The van der Waals surface area contributed by atoms with Crippen molar-refractivity contribution in [2.45, 2.75) is 0 Å². The molecule has 0 rings (SSSR count). The van der Waals surface area contributed by atoms with Crippen molar-refractivity contribution in [1.82, 2.24) is 0 Å². The van der Waals surface area contributed by atoms with Gasteiger partial charge < -0.3 is 22.0 Å². The second kappa shape index (κ2) is 6.94. The van der Waals surface area contributed by atoms with E-state index >= 15 is 0 Å². The first-order valence-corrected chi connectivity index (χ1v) is 2.68. The first kappa shape index (κ1) is 16.4. The van der Waals surface area contributed by atoms with E-state index in [1.165, 1.54) is 0 Å². The Morgan fingerprint density at radius 2 is 1.00 bits per heavy atom. The number of rotatable bonds is 0. The summed E-state index contributed by atoms with van der Waals surface area (Å²) in [5, 5.41) is 0. The van der Waals surface area contributed by atoms with Crippen LogP contribution in [0.25, 0.3) is 0 Å². The molecule has 4 nitrogen and oxygen atoms in total. The minimum Gasteiger partial charge on any atom is -1.00 e. The van der Waals surface area contributed by atoms with Gasteiger partial charge in [0.25, 0.3) is 0 Å². The van der Waals surface area contributed by atoms with Crippen LogP contribution in [0.1, 0.15) is 2.85 Å². The Balaban J connectivity index is -0.0000000133. The fraction of sp³-hybridized carbons (Fsp3) is 0. The van der Waals surface area contributed by atoms with Gasteiger partial charge in [0.05, 0.1) is 0 Å². The molecule has 0 aliphatic carbocycles. The summed E-state index contributed by atoms with van der Waals surface area (Å²) in [5.74, 6) is 0. The van der Waals surface area contributed by atoms with E-state index < -0.39 is 9.05 Å². The van der Waals surface area contributed by atoms with Gasteiger partial charge in [0.1, 0.15) is 0 Å². The van der Waals surface area contributed by atoms with Crippen molar-refractivity contribution in [3.63, 3.8) is 0 Å². The summed E-state index contributed by atoms with van der Waals surface area (Å²) in [4.78, 5) is 29.3. The molecule has 0 fully saturated rings. The molecule has 0 heterocycles. The minimum atomic E-state index is -4.61. The first-order chi connectivity index (χ1) is 2.00. The molecule has 0 aliphatic heterocycles. The van der Waals surface area contributed by atoms with Crippen LogP contribution < -0.4 is 0 Å². The molecule has 0 unspecified atom stereocenters. The maximum Gasteiger partial charge on any atom is 2.00 e. The van der Waals surface area contributed by atoms with Crippen LogP contribution in [-0.4, -0.2) is 77.1 Å². The molecule has 0 aromatic carbocycles. The second-order valence-electron chi connectivity index (χ2n) is 0.600. The van der Waals surface area contributed by atoms with Crippen LogP contribution in [0.3, 0.4) is 0 Å². The SMILES string of the molecule is O[Si](O)(O)O.[Ba+2].[H-].[H-].[La]. The van der Waals surface area contributed by atoms with Crippen LogP contribution in [0.15, 0.2) is 0 Å². The molecule has 0 bridgehead atoms. The largest absolute Gasteiger partial charge is 2.00 e. The molecule has 39 valence electrons. The first-order valence-electron chi connectivity index (χ1n) is 0.894. The van der Waals surface area contributed by atoms with E-state index in [2.05, 4.69) is 0 Å². The van der Waals surface area contributed by atoms with Crippen LogP contribution in [0.2, 0.25) is 0 Å².